The molecule has 0 fully saturated rings. The van der Waals surface area contributed by atoms with Crippen molar-refractivity contribution in [3.63, 3.8) is 0 Å². The van der Waals surface area contributed by atoms with Gasteiger partial charge in [0, 0.05) is 46.9 Å². The molecule has 5 aromatic heterocycles. The van der Waals surface area contributed by atoms with E-state index in [9.17, 15) is 18.4 Å². The third kappa shape index (κ3) is 4.91. The summed E-state index contributed by atoms with van der Waals surface area (Å²) in [6.45, 7) is 6.94. The van der Waals surface area contributed by atoms with Crippen LogP contribution in [0.4, 0.5) is 14.5 Å². The van der Waals surface area contributed by atoms with E-state index < -0.39 is 23.9 Å². The van der Waals surface area contributed by atoms with Gasteiger partial charge in [-0.15, -0.1) is 11.3 Å². The molecule has 6 rings (SSSR count). The van der Waals surface area contributed by atoms with E-state index in [1.165, 1.54) is 6.07 Å². The molecule has 218 valence electrons. The summed E-state index contributed by atoms with van der Waals surface area (Å²) in [5.41, 5.74) is 9.23. The van der Waals surface area contributed by atoms with Gasteiger partial charge in [0.1, 0.15) is 15.4 Å². The molecule has 2 amide bonds. The van der Waals surface area contributed by atoms with Crippen molar-refractivity contribution in [2.45, 2.75) is 40.3 Å². The van der Waals surface area contributed by atoms with E-state index in [1.54, 1.807) is 46.0 Å². The molecule has 0 spiro atoms. The number of nitrogens with one attached hydrogen (secondary N) is 1. The van der Waals surface area contributed by atoms with Crippen molar-refractivity contribution in [3.8, 4) is 22.4 Å². The van der Waals surface area contributed by atoms with Gasteiger partial charge in [-0.25, -0.2) is 18.7 Å². The summed E-state index contributed by atoms with van der Waals surface area (Å²) < 4.78 is 31.4. The minimum absolute atomic E-state index is 0.00754. The number of aryl methyl sites for hydroxylation is 2. The Balaban J connectivity index is 1.55. The van der Waals surface area contributed by atoms with Crippen LogP contribution in [0.15, 0.2) is 55.0 Å². The largest absolute Gasteiger partial charge is 0.365 e. The Bertz CT molecular complexity index is 2050. The molecule has 0 bridgehead atoms. The fourth-order valence-electron chi connectivity index (χ4n) is 5.12. The van der Waals surface area contributed by atoms with Crippen molar-refractivity contribution in [2.75, 3.05) is 5.32 Å². The SMILES string of the molecule is CCn1cc(-c2cc(C(=O)Nc3c(C(N)=O)sc4nc(C(F)F)cc(-c5cnn(CC)c5C)c34)c3ccccc3n2)cn1. The number of rotatable bonds is 8. The van der Waals surface area contributed by atoms with Gasteiger partial charge in [-0.05, 0) is 44.5 Å². The first-order valence-electron chi connectivity index (χ1n) is 13.5. The van der Waals surface area contributed by atoms with Gasteiger partial charge in [-0.2, -0.15) is 10.2 Å². The van der Waals surface area contributed by atoms with Crippen molar-refractivity contribution >= 4 is 50.0 Å². The van der Waals surface area contributed by atoms with Gasteiger partial charge in [-0.1, -0.05) is 18.2 Å². The van der Waals surface area contributed by atoms with E-state index in [0.29, 0.717) is 51.8 Å². The van der Waals surface area contributed by atoms with Crippen molar-refractivity contribution < 1.29 is 18.4 Å². The zero-order chi connectivity index (χ0) is 30.4. The summed E-state index contributed by atoms with van der Waals surface area (Å²) in [6, 6.07) is 10.1. The highest BCUT2D eigenvalue weighted by molar-refractivity contribution is 7.21. The Morgan fingerprint density at radius 1 is 1.05 bits per heavy atom. The highest BCUT2D eigenvalue weighted by atomic mass is 32.1. The highest BCUT2D eigenvalue weighted by Crippen LogP contribution is 2.43. The first-order valence-corrected chi connectivity index (χ1v) is 14.3. The number of hydrogen-bond donors (Lipinski definition) is 2. The number of halogens is 2. The minimum atomic E-state index is -2.86. The molecule has 3 N–H and O–H groups in total. The van der Waals surface area contributed by atoms with Gasteiger partial charge >= 0.3 is 0 Å². The molecule has 6 aromatic rings. The molecule has 0 unspecified atom stereocenters. The molecule has 0 saturated carbocycles. The lowest BCUT2D eigenvalue weighted by Crippen LogP contribution is -2.17. The maximum atomic E-state index is 14.1. The standard InChI is InChI=1S/C30H26F2N8O2S/c1-4-39-14-16(12-34-39)22-11-19(17-8-6-7-9-21(17)36-22)29(42)38-25-24-18(20-13-35-40(5-2)15(20)3)10-23(27(31)32)37-30(24)43-26(25)28(33)41/h6-14,27H,4-5H2,1-3H3,(H2,33,41)(H,38,42). The third-order valence-electron chi connectivity index (χ3n) is 7.27. The topological polar surface area (TPSA) is 134 Å². The Labute approximate surface area is 248 Å². The van der Waals surface area contributed by atoms with Gasteiger partial charge in [0.25, 0.3) is 18.2 Å². The number of pyridine rings is 2. The first-order chi connectivity index (χ1) is 20.7. The maximum absolute atomic E-state index is 14.1. The lowest BCUT2D eigenvalue weighted by atomic mass is 10.0. The smallest absolute Gasteiger partial charge is 0.280 e. The number of nitrogens with zero attached hydrogens (tertiary/aromatic N) is 6. The van der Waals surface area contributed by atoms with Crippen LogP contribution in [0, 0.1) is 6.92 Å². The highest BCUT2D eigenvalue weighted by Gasteiger charge is 2.27. The second-order valence-corrected chi connectivity index (χ2v) is 10.8. The summed E-state index contributed by atoms with van der Waals surface area (Å²) >= 11 is 0.853. The average Bonchev–Trinajstić information content (AvgIpc) is 3.73. The summed E-state index contributed by atoms with van der Waals surface area (Å²) in [7, 11) is 0. The summed E-state index contributed by atoms with van der Waals surface area (Å²) in [6.07, 6.45) is 2.24. The van der Waals surface area contributed by atoms with Gasteiger partial charge in [0.15, 0.2) is 0 Å². The summed E-state index contributed by atoms with van der Waals surface area (Å²) in [5, 5.41) is 12.5. The number of alkyl halides is 2. The molecule has 10 nitrogen and oxygen atoms in total. The number of thiophene rings is 1. The molecule has 0 aliphatic carbocycles. The number of hydrogen-bond acceptors (Lipinski definition) is 7. The molecule has 43 heavy (non-hydrogen) atoms. The van der Waals surface area contributed by atoms with Crippen LogP contribution in [-0.2, 0) is 13.1 Å². The second kappa shape index (κ2) is 11.0. The quantitative estimate of drug-likeness (QED) is 0.213. The monoisotopic (exact) mass is 600 g/mol. The minimum Gasteiger partial charge on any atom is -0.365 e. The predicted molar refractivity (Wildman–Crippen MR) is 161 cm³/mol. The number of aromatic nitrogens is 6. The van der Waals surface area contributed by atoms with E-state index >= 15 is 0 Å². The van der Waals surface area contributed by atoms with Gasteiger partial charge in [0.2, 0.25) is 0 Å². The van der Waals surface area contributed by atoms with Crippen LogP contribution >= 0.6 is 11.3 Å². The second-order valence-electron chi connectivity index (χ2n) is 9.82. The zero-order valence-electron chi connectivity index (χ0n) is 23.4. The summed E-state index contributed by atoms with van der Waals surface area (Å²) in [4.78, 5) is 35.7. The van der Waals surface area contributed by atoms with Crippen LogP contribution in [-0.4, -0.2) is 41.3 Å². The van der Waals surface area contributed by atoms with Crippen molar-refractivity contribution in [2.24, 2.45) is 5.73 Å². The van der Waals surface area contributed by atoms with Crippen LogP contribution in [0.3, 0.4) is 0 Å². The number of para-hydroxylation sites is 1. The normalized spacial score (nSPS) is 11.6. The van der Waals surface area contributed by atoms with Crippen LogP contribution in [0.5, 0.6) is 0 Å². The fraction of sp³-hybridized carbons (Fsp3) is 0.200. The average molecular weight is 601 g/mol. The van der Waals surface area contributed by atoms with E-state index in [-0.39, 0.29) is 15.4 Å². The number of fused-ring (bicyclic) bond motifs is 2. The van der Waals surface area contributed by atoms with Gasteiger partial charge in [0.05, 0.1) is 34.9 Å². The lowest BCUT2D eigenvalue weighted by molar-refractivity contribution is 0.100. The maximum Gasteiger partial charge on any atom is 0.280 e. The number of anilines is 1. The van der Waals surface area contributed by atoms with Crippen LogP contribution in [0.25, 0.3) is 43.5 Å². The number of carbonyl (C=O) groups excluding carboxylic acids is 2. The van der Waals surface area contributed by atoms with Gasteiger partial charge < -0.3 is 11.1 Å². The van der Waals surface area contributed by atoms with Crippen LogP contribution in [0.2, 0.25) is 0 Å². The van der Waals surface area contributed by atoms with E-state index in [0.717, 1.165) is 22.6 Å². The summed E-state index contributed by atoms with van der Waals surface area (Å²) in [5.74, 6) is -1.36. The molecule has 1 aromatic carbocycles. The number of primary amides is 1. The Hall–Kier alpha value is -5.04. The van der Waals surface area contributed by atoms with Crippen LogP contribution in [0.1, 0.15) is 51.7 Å². The molecule has 0 aliphatic rings. The van der Waals surface area contributed by atoms with E-state index in [1.807, 2.05) is 33.0 Å². The molecule has 0 saturated heterocycles. The van der Waals surface area contributed by atoms with Gasteiger partial charge in [-0.3, -0.25) is 19.0 Å². The van der Waals surface area contributed by atoms with Crippen molar-refractivity contribution in [1.29, 1.82) is 0 Å². The van der Waals surface area contributed by atoms with E-state index in [2.05, 4.69) is 20.5 Å². The molecular weight excluding hydrogens is 574 g/mol. The Morgan fingerprint density at radius 3 is 2.51 bits per heavy atom. The predicted octanol–water partition coefficient (Wildman–Crippen LogP) is 6.21. The number of nitrogens with two attached hydrogens (primary N) is 1. The molecule has 13 heteroatoms. The molecule has 5 heterocycles. The molecule has 0 aliphatic heterocycles. The first kappa shape index (κ1) is 28.1. The number of benzene rings is 1. The molecule has 0 radical (unpaired) electrons. The fourth-order valence-corrected chi connectivity index (χ4v) is 6.14. The van der Waals surface area contributed by atoms with E-state index in [4.69, 9.17) is 10.7 Å². The molecular formula is C30H26F2N8O2S. The Kier molecular flexibility index (Phi) is 7.18. The van der Waals surface area contributed by atoms with Crippen molar-refractivity contribution in [1.82, 2.24) is 29.5 Å². The zero-order valence-corrected chi connectivity index (χ0v) is 24.2. The van der Waals surface area contributed by atoms with Crippen molar-refractivity contribution in [3.05, 3.63) is 76.8 Å². The molecule has 0 atom stereocenters. The number of amides is 2. The Morgan fingerprint density at radius 2 is 1.84 bits per heavy atom. The third-order valence-corrected chi connectivity index (χ3v) is 8.37. The lowest BCUT2D eigenvalue weighted by Gasteiger charge is -2.13. The van der Waals surface area contributed by atoms with Crippen LogP contribution < -0.4 is 11.1 Å². The number of carbonyl (C=O) groups is 2.